The van der Waals surface area contributed by atoms with Crippen LogP contribution in [0.5, 0.6) is 5.75 Å². The summed E-state index contributed by atoms with van der Waals surface area (Å²) >= 11 is 0. The summed E-state index contributed by atoms with van der Waals surface area (Å²) in [5.74, 6) is -0.0321. The Morgan fingerprint density at radius 1 is 1.46 bits per heavy atom. The monoisotopic (exact) mass is 183 g/mol. The number of para-hydroxylation sites is 1. The van der Waals surface area contributed by atoms with Crippen molar-refractivity contribution in [2.75, 3.05) is 6.61 Å². The maximum absolute atomic E-state index is 13.0. The Balaban J connectivity index is 2.41. The Morgan fingerprint density at radius 2 is 2.15 bits per heavy atom. The van der Waals surface area contributed by atoms with Gasteiger partial charge < -0.3 is 10.5 Å². The fraction of sp³-hybridized carbons (Fsp3) is 0.400. The van der Waals surface area contributed by atoms with Gasteiger partial charge in [0.15, 0.2) is 11.6 Å². The van der Waals surface area contributed by atoms with Crippen LogP contribution in [0.3, 0.4) is 0 Å². The molecule has 1 atom stereocenters. The molecule has 0 aromatic heterocycles. The van der Waals surface area contributed by atoms with Crippen LogP contribution < -0.4 is 10.5 Å². The van der Waals surface area contributed by atoms with Crippen LogP contribution in [0.15, 0.2) is 24.3 Å². The Labute approximate surface area is 77.5 Å². The lowest BCUT2D eigenvalue weighted by molar-refractivity contribution is 0.287. The third kappa shape index (κ3) is 3.42. The third-order valence-corrected chi connectivity index (χ3v) is 1.67. The van der Waals surface area contributed by atoms with Crippen LogP contribution in [0, 0.1) is 5.82 Å². The van der Waals surface area contributed by atoms with Crippen molar-refractivity contribution in [3.63, 3.8) is 0 Å². The number of ether oxygens (including phenoxy) is 1. The van der Waals surface area contributed by atoms with Gasteiger partial charge in [-0.2, -0.15) is 0 Å². The Kier molecular flexibility index (Phi) is 3.71. The van der Waals surface area contributed by atoms with Crippen LogP contribution in [0.1, 0.15) is 13.3 Å². The molecule has 1 aromatic carbocycles. The van der Waals surface area contributed by atoms with Crippen LogP contribution in [-0.2, 0) is 0 Å². The van der Waals surface area contributed by atoms with E-state index in [0.717, 1.165) is 6.42 Å². The number of hydrogen-bond acceptors (Lipinski definition) is 2. The van der Waals surface area contributed by atoms with E-state index in [1.807, 2.05) is 6.92 Å². The number of benzene rings is 1. The van der Waals surface area contributed by atoms with E-state index in [4.69, 9.17) is 10.5 Å². The summed E-state index contributed by atoms with van der Waals surface area (Å²) in [6.07, 6.45) is 0.730. The van der Waals surface area contributed by atoms with E-state index in [0.29, 0.717) is 12.4 Å². The minimum absolute atomic E-state index is 0.0896. The first-order valence-electron chi connectivity index (χ1n) is 4.33. The van der Waals surface area contributed by atoms with Gasteiger partial charge in [-0.1, -0.05) is 12.1 Å². The molecule has 1 unspecified atom stereocenters. The molecule has 0 aliphatic rings. The molecule has 2 nitrogen and oxygen atoms in total. The van der Waals surface area contributed by atoms with Crippen molar-refractivity contribution in [1.82, 2.24) is 0 Å². The molecule has 72 valence electrons. The van der Waals surface area contributed by atoms with Gasteiger partial charge in [-0.3, -0.25) is 0 Å². The van der Waals surface area contributed by atoms with Crippen LogP contribution >= 0.6 is 0 Å². The smallest absolute Gasteiger partial charge is 0.165 e. The second-order valence-electron chi connectivity index (χ2n) is 3.04. The summed E-state index contributed by atoms with van der Waals surface area (Å²) in [5.41, 5.74) is 5.52. The Hall–Kier alpha value is -1.09. The molecule has 0 aliphatic heterocycles. The van der Waals surface area contributed by atoms with Gasteiger partial charge in [0.05, 0.1) is 6.61 Å². The molecule has 0 radical (unpaired) electrons. The molecule has 0 aliphatic carbocycles. The van der Waals surface area contributed by atoms with Crippen molar-refractivity contribution in [3.8, 4) is 5.75 Å². The van der Waals surface area contributed by atoms with E-state index in [2.05, 4.69) is 0 Å². The lowest BCUT2D eigenvalue weighted by Crippen LogP contribution is -2.18. The average Bonchev–Trinajstić information content (AvgIpc) is 2.08. The summed E-state index contributed by atoms with van der Waals surface area (Å²) in [6, 6.07) is 6.45. The molecule has 13 heavy (non-hydrogen) atoms. The summed E-state index contributed by atoms with van der Waals surface area (Å²) in [5, 5.41) is 0. The fourth-order valence-corrected chi connectivity index (χ4v) is 0.917. The molecule has 0 heterocycles. The number of rotatable bonds is 4. The SMILES string of the molecule is CC(N)CCOc1ccccc1F. The van der Waals surface area contributed by atoms with E-state index in [1.165, 1.54) is 6.07 Å². The van der Waals surface area contributed by atoms with Crippen molar-refractivity contribution >= 4 is 0 Å². The molecule has 0 amide bonds. The first kappa shape index (κ1) is 9.99. The van der Waals surface area contributed by atoms with Crippen LogP contribution in [0.2, 0.25) is 0 Å². The second kappa shape index (κ2) is 4.82. The topological polar surface area (TPSA) is 35.2 Å². The first-order chi connectivity index (χ1) is 6.20. The molecule has 0 fully saturated rings. The van der Waals surface area contributed by atoms with Gasteiger partial charge in [-0.15, -0.1) is 0 Å². The van der Waals surface area contributed by atoms with Crippen molar-refractivity contribution < 1.29 is 9.13 Å². The molecular weight excluding hydrogens is 169 g/mol. The zero-order chi connectivity index (χ0) is 9.68. The van der Waals surface area contributed by atoms with Crippen LogP contribution in [0.25, 0.3) is 0 Å². The van der Waals surface area contributed by atoms with E-state index in [-0.39, 0.29) is 11.9 Å². The second-order valence-corrected chi connectivity index (χ2v) is 3.04. The lowest BCUT2D eigenvalue weighted by Gasteiger charge is -2.08. The quantitative estimate of drug-likeness (QED) is 0.774. The van der Waals surface area contributed by atoms with Gasteiger partial charge >= 0.3 is 0 Å². The van der Waals surface area contributed by atoms with Crippen molar-refractivity contribution in [2.24, 2.45) is 5.73 Å². The van der Waals surface area contributed by atoms with E-state index < -0.39 is 0 Å². The largest absolute Gasteiger partial charge is 0.490 e. The van der Waals surface area contributed by atoms with Crippen LogP contribution in [-0.4, -0.2) is 12.6 Å². The highest BCUT2D eigenvalue weighted by Gasteiger charge is 2.01. The van der Waals surface area contributed by atoms with E-state index >= 15 is 0 Å². The maximum Gasteiger partial charge on any atom is 0.165 e. The molecule has 0 spiro atoms. The molecular formula is C10H14FNO. The number of hydrogen-bond donors (Lipinski definition) is 1. The predicted octanol–water partition coefficient (Wildman–Crippen LogP) is 1.94. The highest BCUT2D eigenvalue weighted by atomic mass is 19.1. The van der Waals surface area contributed by atoms with Gasteiger partial charge in [0.25, 0.3) is 0 Å². The highest BCUT2D eigenvalue weighted by Crippen LogP contribution is 2.15. The molecule has 3 heteroatoms. The van der Waals surface area contributed by atoms with Gasteiger partial charge in [-0.25, -0.2) is 4.39 Å². The molecule has 0 saturated carbocycles. The zero-order valence-electron chi connectivity index (χ0n) is 7.66. The van der Waals surface area contributed by atoms with E-state index in [9.17, 15) is 4.39 Å². The Bertz CT molecular complexity index is 263. The maximum atomic E-state index is 13.0. The van der Waals surface area contributed by atoms with Crippen LogP contribution in [0.4, 0.5) is 4.39 Å². The predicted molar refractivity (Wildman–Crippen MR) is 50.2 cm³/mol. The molecule has 1 rings (SSSR count). The summed E-state index contributed by atoms with van der Waals surface area (Å²) < 4.78 is 18.2. The first-order valence-corrected chi connectivity index (χ1v) is 4.33. The van der Waals surface area contributed by atoms with Gasteiger partial charge in [0.1, 0.15) is 0 Å². The number of nitrogens with two attached hydrogens (primary N) is 1. The van der Waals surface area contributed by atoms with Crippen molar-refractivity contribution in [1.29, 1.82) is 0 Å². The molecule has 0 bridgehead atoms. The van der Waals surface area contributed by atoms with E-state index in [1.54, 1.807) is 18.2 Å². The Morgan fingerprint density at radius 3 is 2.77 bits per heavy atom. The summed E-state index contributed by atoms with van der Waals surface area (Å²) in [4.78, 5) is 0. The van der Waals surface area contributed by atoms with Gasteiger partial charge in [0, 0.05) is 6.04 Å². The lowest BCUT2D eigenvalue weighted by atomic mass is 10.3. The fourth-order valence-electron chi connectivity index (χ4n) is 0.917. The highest BCUT2D eigenvalue weighted by molar-refractivity contribution is 5.23. The van der Waals surface area contributed by atoms with Crippen molar-refractivity contribution in [2.45, 2.75) is 19.4 Å². The zero-order valence-corrected chi connectivity index (χ0v) is 7.66. The minimum atomic E-state index is -0.327. The standard InChI is InChI=1S/C10H14FNO/c1-8(12)6-7-13-10-5-3-2-4-9(10)11/h2-5,8H,6-7,12H2,1H3. The molecule has 2 N–H and O–H groups in total. The van der Waals surface area contributed by atoms with Gasteiger partial charge in [0.2, 0.25) is 0 Å². The third-order valence-electron chi connectivity index (χ3n) is 1.67. The summed E-state index contributed by atoms with van der Waals surface area (Å²) in [6.45, 7) is 2.35. The number of halogens is 1. The minimum Gasteiger partial charge on any atom is -0.490 e. The normalized spacial score (nSPS) is 12.5. The molecule has 0 saturated heterocycles. The summed E-state index contributed by atoms with van der Waals surface area (Å²) in [7, 11) is 0. The molecule has 1 aromatic rings. The average molecular weight is 183 g/mol. The van der Waals surface area contributed by atoms with Gasteiger partial charge in [-0.05, 0) is 25.5 Å². The van der Waals surface area contributed by atoms with Crippen molar-refractivity contribution in [3.05, 3.63) is 30.1 Å².